The summed E-state index contributed by atoms with van der Waals surface area (Å²) in [6, 6.07) is 14.6. The number of ether oxygens (including phenoxy) is 1. The van der Waals surface area contributed by atoms with Gasteiger partial charge < -0.3 is 4.74 Å². The molecule has 2 rings (SSSR count). The molecule has 0 fully saturated rings. The van der Waals surface area contributed by atoms with Crippen LogP contribution in [0.3, 0.4) is 0 Å². The summed E-state index contributed by atoms with van der Waals surface area (Å²) < 4.78 is 31.2. The van der Waals surface area contributed by atoms with Crippen LogP contribution < -0.4 is 4.74 Å². The SMILES string of the molecule is COc1ccc(C(=O)CC(=C(F)F)c2ccccc2)cc1. The molecule has 108 valence electrons. The van der Waals surface area contributed by atoms with E-state index in [4.69, 9.17) is 4.74 Å². The second-order valence-corrected chi connectivity index (χ2v) is 4.43. The van der Waals surface area contributed by atoms with Crippen LogP contribution in [0.4, 0.5) is 8.78 Å². The lowest BCUT2D eigenvalue weighted by molar-refractivity contribution is 0.0997. The maximum atomic E-state index is 13.1. The molecule has 0 saturated heterocycles. The second kappa shape index (κ2) is 6.79. The molecule has 0 aliphatic rings. The lowest BCUT2D eigenvalue weighted by Crippen LogP contribution is -2.01. The summed E-state index contributed by atoms with van der Waals surface area (Å²) in [5.41, 5.74) is 0.501. The van der Waals surface area contributed by atoms with Crippen molar-refractivity contribution in [3.63, 3.8) is 0 Å². The van der Waals surface area contributed by atoms with Gasteiger partial charge in [0.05, 0.1) is 7.11 Å². The highest BCUT2D eigenvalue weighted by atomic mass is 19.3. The molecule has 4 heteroatoms. The Kier molecular flexibility index (Phi) is 4.82. The number of allylic oxidation sites excluding steroid dienone is 1. The van der Waals surface area contributed by atoms with Crippen molar-refractivity contribution >= 4 is 11.4 Å². The summed E-state index contributed by atoms with van der Waals surface area (Å²) >= 11 is 0. The Hall–Kier alpha value is -2.49. The predicted molar refractivity (Wildman–Crippen MR) is 77.5 cm³/mol. The molecular weight excluding hydrogens is 274 g/mol. The third kappa shape index (κ3) is 3.75. The molecule has 0 atom stereocenters. The van der Waals surface area contributed by atoms with E-state index in [0.29, 0.717) is 16.9 Å². The van der Waals surface area contributed by atoms with Gasteiger partial charge in [-0.2, -0.15) is 8.78 Å². The number of hydrogen-bond acceptors (Lipinski definition) is 2. The van der Waals surface area contributed by atoms with Crippen LogP contribution in [0.5, 0.6) is 5.75 Å². The predicted octanol–water partition coefficient (Wildman–Crippen LogP) is 4.58. The van der Waals surface area contributed by atoms with Crippen LogP contribution in [0.2, 0.25) is 0 Å². The Morgan fingerprint density at radius 3 is 2.10 bits per heavy atom. The average Bonchev–Trinajstić information content (AvgIpc) is 2.53. The molecule has 0 bridgehead atoms. The minimum absolute atomic E-state index is 0.239. The highest BCUT2D eigenvalue weighted by molar-refractivity contribution is 6.02. The Bertz CT molecular complexity index is 642. The van der Waals surface area contributed by atoms with Gasteiger partial charge in [0, 0.05) is 17.6 Å². The minimum atomic E-state index is -1.83. The van der Waals surface area contributed by atoms with Crippen LogP contribution in [0.25, 0.3) is 5.57 Å². The molecule has 0 radical (unpaired) electrons. The molecule has 0 aliphatic heterocycles. The molecular formula is C17H14F2O2. The molecule has 0 spiro atoms. The smallest absolute Gasteiger partial charge is 0.274 e. The zero-order valence-electron chi connectivity index (χ0n) is 11.5. The van der Waals surface area contributed by atoms with Crippen LogP contribution in [0, 0.1) is 0 Å². The number of halogens is 2. The lowest BCUT2D eigenvalue weighted by Gasteiger charge is -2.07. The maximum Gasteiger partial charge on any atom is 0.274 e. The van der Waals surface area contributed by atoms with E-state index in [1.165, 1.54) is 7.11 Å². The van der Waals surface area contributed by atoms with E-state index in [-0.39, 0.29) is 17.8 Å². The average molecular weight is 288 g/mol. The number of carbonyl (C=O) groups excluding carboxylic acids is 1. The van der Waals surface area contributed by atoms with E-state index in [9.17, 15) is 13.6 Å². The number of carbonyl (C=O) groups is 1. The fourth-order valence-electron chi connectivity index (χ4n) is 1.96. The van der Waals surface area contributed by atoms with Crippen LogP contribution in [-0.4, -0.2) is 12.9 Å². The number of Topliss-reactive ketones (excluding diaryl/α,β-unsaturated/α-hetero) is 1. The summed E-state index contributed by atoms with van der Waals surface area (Å²) in [6.45, 7) is 0. The quantitative estimate of drug-likeness (QED) is 0.753. The second-order valence-electron chi connectivity index (χ2n) is 4.43. The van der Waals surface area contributed by atoms with Gasteiger partial charge in [0.15, 0.2) is 5.78 Å². The van der Waals surface area contributed by atoms with Crippen LogP contribution >= 0.6 is 0 Å². The Labute approximate surface area is 121 Å². The number of ketones is 1. The monoisotopic (exact) mass is 288 g/mol. The first kappa shape index (κ1) is 14.9. The number of benzene rings is 2. The summed E-state index contributed by atoms with van der Waals surface area (Å²) in [5, 5.41) is 0. The van der Waals surface area contributed by atoms with Crippen LogP contribution in [0.1, 0.15) is 22.3 Å². The molecule has 0 amide bonds. The third-order valence-corrected chi connectivity index (χ3v) is 3.10. The van der Waals surface area contributed by atoms with Gasteiger partial charge in [0.1, 0.15) is 5.75 Å². The van der Waals surface area contributed by atoms with Crippen LogP contribution in [0.15, 0.2) is 60.7 Å². The lowest BCUT2D eigenvalue weighted by atomic mass is 9.98. The highest BCUT2D eigenvalue weighted by Crippen LogP contribution is 2.26. The van der Waals surface area contributed by atoms with Crippen molar-refractivity contribution in [2.75, 3.05) is 7.11 Å². The zero-order chi connectivity index (χ0) is 15.2. The summed E-state index contributed by atoms with van der Waals surface area (Å²) in [7, 11) is 1.52. The van der Waals surface area contributed by atoms with E-state index in [1.54, 1.807) is 54.6 Å². The van der Waals surface area contributed by atoms with Crippen LogP contribution in [-0.2, 0) is 0 Å². The van der Waals surface area contributed by atoms with E-state index < -0.39 is 6.08 Å². The van der Waals surface area contributed by atoms with Crippen molar-refractivity contribution in [3.05, 3.63) is 71.8 Å². The third-order valence-electron chi connectivity index (χ3n) is 3.10. The molecule has 2 nitrogen and oxygen atoms in total. The molecule has 0 unspecified atom stereocenters. The molecule has 0 N–H and O–H groups in total. The maximum absolute atomic E-state index is 13.1. The molecule has 0 aliphatic carbocycles. The standard InChI is InChI=1S/C17H14F2O2/c1-21-14-9-7-13(8-10-14)16(20)11-15(17(18)19)12-5-3-2-4-6-12/h2-10H,11H2,1H3. The first-order valence-corrected chi connectivity index (χ1v) is 6.38. The van der Waals surface area contributed by atoms with Gasteiger partial charge >= 0.3 is 0 Å². The van der Waals surface area contributed by atoms with Gasteiger partial charge in [-0.3, -0.25) is 4.79 Å². The van der Waals surface area contributed by atoms with Crippen molar-refractivity contribution in [1.29, 1.82) is 0 Å². The van der Waals surface area contributed by atoms with E-state index in [1.807, 2.05) is 0 Å². The van der Waals surface area contributed by atoms with Crippen molar-refractivity contribution in [1.82, 2.24) is 0 Å². The fraction of sp³-hybridized carbons (Fsp3) is 0.118. The number of methoxy groups -OCH3 is 1. The summed E-state index contributed by atoms with van der Waals surface area (Å²) in [6.07, 6.45) is -2.17. The Morgan fingerprint density at radius 2 is 1.57 bits per heavy atom. The van der Waals surface area contributed by atoms with Crippen molar-refractivity contribution in [2.45, 2.75) is 6.42 Å². The molecule has 2 aromatic rings. The zero-order valence-corrected chi connectivity index (χ0v) is 11.5. The summed E-state index contributed by atoms with van der Waals surface area (Å²) in [5.74, 6) is 0.256. The fourth-order valence-corrected chi connectivity index (χ4v) is 1.96. The molecule has 2 aromatic carbocycles. The van der Waals surface area contributed by atoms with Crippen molar-refractivity contribution < 1.29 is 18.3 Å². The summed E-state index contributed by atoms with van der Waals surface area (Å²) in [4.78, 5) is 12.1. The molecule has 21 heavy (non-hydrogen) atoms. The van der Waals surface area contributed by atoms with Gasteiger partial charge in [0.2, 0.25) is 0 Å². The molecule has 0 aromatic heterocycles. The molecule has 0 saturated carbocycles. The molecule has 0 heterocycles. The topological polar surface area (TPSA) is 26.3 Å². The van der Waals surface area contributed by atoms with Gasteiger partial charge in [-0.1, -0.05) is 30.3 Å². The van der Waals surface area contributed by atoms with Gasteiger partial charge in [0.25, 0.3) is 6.08 Å². The van der Waals surface area contributed by atoms with Gasteiger partial charge in [-0.15, -0.1) is 0 Å². The largest absolute Gasteiger partial charge is 0.497 e. The minimum Gasteiger partial charge on any atom is -0.497 e. The Morgan fingerprint density at radius 1 is 0.952 bits per heavy atom. The normalized spacial score (nSPS) is 10.0. The first-order chi connectivity index (χ1) is 10.1. The van der Waals surface area contributed by atoms with Gasteiger partial charge in [-0.25, -0.2) is 0 Å². The Balaban J connectivity index is 2.21. The highest BCUT2D eigenvalue weighted by Gasteiger charge is 2.15. The van der Waals surface area contributed by atoms with E-state index in [2.05, 4.69) is 0 Å². The van der Waals surface area contributed by atoms with Crippen molar-refractivity contribution in [2.24, 2.45) is 0 Å². The van der Waals surface area contributed by atoms with Crippen molar-refractivity contribution in [3.8, 4) is 5.75 Å². The number of hydrogen-bond donors (Lipinski definition) is 0. The number of rotatable bonds is 5. The van der Waals surface area contributed by atoms with Gasteiger partial charge in [-0.05, 0) is 29.8 Å². The first-order valence-electron chi connectivity index (χ1n) is 6.38. The van der Waals surface area contributed by atoms with E-state index in [0.717, 1.165) is 0 Å². The van der Waals surface area contributed by atoms with E-state index >= 15 is 0 Å².